The zero-order chi connectivity index (χ0) is 14.6. The fraction of sp³-hybridized carbons (Fsp3) is 0.571. The monoisotopic (exact) mass is 285 g/mol. The average Bonchev–Trinajstić information content (AvgIpc) is 2.34. The normalized spacial score (nSPS) is 15.5. The van der Waals surface area contributed by atoms with Crippen molar-refractivity contribution in [3.63, 3.8) is 0 Å². The molecule has 0 radical (unpaired) electrons. The highest BCUT2D eigenvalue weighted by Gasteiger charge is 2.16. The summed E-state index contributed by atoms with van der Waals surface area (Å²) in [7, 11) is -3.15. The van der Waals surface area contributed by atoms with E-state index in [0.717, 1.165) is 5.56 Å². The average molecular weight is 285 g/mol. The van der Waals surface area contributed by atoms with E-state index in [1.807, 2.05) is 32.9 Å². The van der Waals surface area contributed by atoms with Crippen LogP contribution >= 0.6 is 0 Å². The van der Waals surface area contributed by atoms with Gasteiger partial charge in [-0.1, -0.05) is 26.0 Å². The van der Waals surface area contributed by atoms with E-state index >= 15 is 0 Å². The number of nitrogens with one attached hydrogen (secondary N) is 1. The molecule has 19 heavy (non-hydrogen) atoms. The van der Waals surface area contributed by atoms with Crippen molar-refractivity contribution < 1.29 is 13.5 Å². The third kappa shape index (κ3) is 4.60. The molecule has 0 spiro atoms. The Kier molecular flexibility index (Phi) is 5.52. The highest BCUT2D eigenvalue weighted by atomic mass is 32.2. The molecule has 0 aromatic heterocycles. The molecule has 1 aromatic carbocycles. The van der Waals surface area contributed by atoms with Crippen LogP contribution in [0.2, 0.25) is 0 Å². The van der Waals surface area contributed by atoms with Gasteiger partial charge in [-0.15, -0.1) is 0 Å². The Morgan fingerprint density at radius 3 is 2.05 bits per heavy atom. The minimum absolute atomic E-state index is 0.0320. The lowest BCUT2D eigenvalue weighted by atomic mass is 10.0. The smallest absolute Gasteiger partial charge is 0.175 e. The van der Waals surface area contributed by atoms with E-state index in [2.05, 4.69) is 5.32 Å². The minimum atomic E-state index is -3.15. The fourth-order valence-electron chi connectivity index (χ4n) is 1.88. The third-order valence-electron chi connectivity index (χ3n) is 3.27. The molecule has 1 aromatic rings. The number of hydrogen-bond acceptors (Lipinski definition) is 4. The summed E-state index contributed by atoms with van der Waals surface area (Å²) >= 11 is 0. The molecule has 0 aliphatic rings. The molecule has 108 valence electrons. The number of rotatable bonds is 6. The zero-order valence-electron chi connectivity index (χ0n) is 11.9. The third-order valence-corrected chi connectivity index (χ3v) is 4.40. The number of aliphatic hydroxyl groups is 1. The van der Waals surface area contributed by atoms with Gasteiger partial charge in [-0.25, -0.2) is 8.42 Å². The number of sulfone groups is 1. The summed E-state index contributed by atoms with van der Waals surface area (Å²) in [5, 5.41) is 12.6. The Bertz CT molecular complexity index is 494. The van der Waals surface area contributed by atoms with Crippen LogP contribution in [0, 0.1) is 5.92 Å². The molecule has 0 saturated heterocycles. The Hall–Kier alpha value is -0.910. The Morgan fingerprint density at radius 1 is 1.16 bits per heavy atom. The van der Waals surface area contributed by atoms with E-state index in [9.17, 15) is 13.5 Å². The number of aliphatic hydroxyl groups excluding tert-OH is 1. The lowest BCUT2D eigenvalue weighted by molar-refractivity contribution is 0.201. The molecule has 2 N–H and O–H groups in total. The van der Waals surface area contributed by atoms with Crippen LogP contribution in [0.15, 0.2) is 29.2 Å². The molecule has 0 heterocycles. The summed E-state index contributed by atoms with van der Waals surface area (Å²) < 4.78 is 22.8. The van der Waals surface area contributed by atoms with Crippen LogP contribution in [0.5, 0.6) is 0 Å². The molecule has 0 saturated carbocycles. The van der Waals surface area contributed by atoms with Gasteiger partial charge in [0.05, 0.1) is 11.5 Å². The van der Waals surface area contributed by atoms with Crippen LogP contribution < -0.4 is 5.32 Å². The van der Waals surface area contributed by atoms with Gasteiger partial charge in [0.1, 0.15) is 0 Å². The Labute approximate surface area is 115 Å². The van der Waals surface area contributed by atoms with E-state index in [0.29, 0.717) is 10.8 Å². The van der Waals surface area contributed by atoms with Crippen molar-refractivity contribution in [3.8, 4) is 0 Å². The molecule has 0 bridgehead atoms. The van der Waals surface area contributed by atoms with Crippen LogP contribution in [0.4, 0.5) is 0 Å². The fourth-order valence-corrected chi connectivity index (χ4v) is 2.51. The molecule has 0 aliphatic heterocycles. The van der Waals surface area contributed by atoms with Crippen LogP contribution in [0.3, 0.4) is 0 Å². The maximum Gasteiger partial charge on any atom is 0.175 e. The standard InChI is InChI=1S/C14H23NO3S/c1-10(2)14(9-16)15-11(3)12-5-7-13(8-6-12)19(4,17)18/h5-8,10-11,14-16H,9H2,1-4H3/t11?,14-/m1/s1. The van der Waals surface area contributed by atoms with Crippen molar-refractivity contribution in [2.45, 2.75) is 37.8 Å². The van der Waals surface area contributed by atoms with Gasteiger partial charge in [-0.05, 0) is 30.5 Å². The molecule has 2 atom stereocenters. The van der Waals surface area contributed by atoms with Gasteiger partial charge < -0.3 is 10.4 Å². The molecule has 4 nitrogen and oxygen atoms in total. The summed E-state index contributed by atoms with van der Waals surface area (Å²) in [6.45, 7) is 6.19. The van der Waals surface area contributed by atoms with Crippen LogP contribution in [-0.4, -0.2) is 32.4 Å². The maximum atomic E-state index is 11.4. The highest BCUT2D eigenvalue weighted by Crippen LogP contribution is 2.17. The van der Waals surface area contributed by atoms with Crippen molar-refractivity contribution in [1.82, 2.24) is 5.32 Å². The largest absolute Gasteiger partial charge is 0.395 e. The lowest BCUT2D eigenvalue weighted by Gasteiger charge is -2.25. The van der Waals surface area contributed by atoms with Gasteiger partial charge in [0.2, 0.25) is 0 Å². The Balaban J connectivity index is 2.81. The first-order valence-electron chi connectivity index (χ1n) is 6.42. The molecule has 5 heteroatoms. The number of benzene rings is 1. The SMILES string of the molecule is CC(N[C@H](CO)C(C)C)c1ccc(S(C)(=O)=O)cc1. The lowest BCUT2D eigenvalue weighted by Crippen LogP contribution is -2.38. The second-order valence-corrected chi connectivity index (χ2v) is 7.28. The zero-order valence-corrected chi connectivity index (χ0v) is 12.7. The molecular weight excluding hydrogens is 262 g/mol. The first kappa shape index (κ1) is 16.1. The predicted molar refractivity (Wildman–Crippen MR) is 76.8 cm³/mol. The maximum absolute atomic E-state index is 11.4. The first-order chi connectivity index (χ1) is 8.75. The summed E-state index contributed by atoms with van der Waals surface area (Å²) in [4.78, 5) is 0.325. The topological polar surface area (TPSA) is 66.4 Å². The summed E-state index contributed by atoms with van der Waals surface area (Å²) in [5.41, 5.74) is 1.01. The van der Waals surface area contributed by atoms with E-state index < -0.39 is 9.84 Å². The highest BCUT2D eigenvalue weighted by molar-refractivity contribution is 7.90. The second-order valence-electron chi connectivity index (χ2n) is 5.26. The molecule has 1 unspecified atom stereocenters. The molecule has 0 aliphatic carbocycles. The van der Waals surface area contributed by atoms with Crippen LogP contribution in [-0.2, 0) is 9.84 Å². The van der Waals surface area contributed by atoms with Crippen LogP contribution in [0.25, 0.3) is 0 Å². The van der Waals surface area contributed by atoms with Gasteiger partial charge in [-0.2, -0.15) is 0 Å². The number of hydrogen-bond donors (Lipinski definition) is 2. The summed E-state index contributed by atoms with van der Waals surface area (Å²) in [6.07, 6.45) is 1.20. The van der Waals surface area contributed by atoms with Crippen molar-refractivity contribution in [1.29, 1.82) is 0 Å². The first-order valence-corrected chi connectivity index (χ1v) is 8.31. The van der Waals surface area contributed by atoms with Gasteiger partial charge in [0.25, 0.3) is 0 Å². The van der Waals surface area contributed by atoms with Crippen molar-refractivity contribution in [2.24, 2.45) is 5.92 Å². The molecule has 0 fully saturated rings. The summed E-state index contributed by atoms with van der Waals surface area (Å²) in [6, 6.07) is 6.95. The van der Waals surface area contributed by atoms with E-state index in [-0.39, 0.29) is 18.7 Å². The van der Waals surface area contributed by atoms with Crippen LogP contribution in [0.1, 0.15) is 32.4 Å². The second kappa shape index (κ2) is 6.50. The molecule has 1 rings (SSSR count). The van der Waals surface area contributed by atoms with Crippen molar-refractivity contribution in [3.05, 3.63) is 29.8 Å². The van der Waals surface area contributed by atoms with Crippen molar-refractivity contribution >= 4 is 9.84 Å². The van der Waals surface area contributed by atoms with Crippen molar-refractivity contribution in [2.75, 3.05) is 12.9 Å². The van der Waals surface area contributed by atoms with Gasteiger partial charge in [0.15, 0.2) is 9.84 Å². The van der Waals surface area contributed by atoms with E-state index in [1.165, 1.54) is 6.26 Å². The molecular formula is C14H23NO3S. The van der Waals surface area contributed by atoms with Gasteiger partial charge in [0, 0.05) is 18.3 Å². The summed E-state index contributed by atoms with van der Waals surface area (Å²) in [5.74, 6) is 0.336. The van der Waals surface area contributed by atoms with E-state index in [4.69, 9.17) is 0 Å². The predicted octanol–water partition coefficient (Wildman–Crippen LogP) is 1.76. The minimum Gasteiger partial charge on any atom is -0.395 e. The quantitative estimate of drug-likeness (QED) is 0.836. The Morgan fingerprint density at radius 2 is 1.68 bits per heavy atom. The van der Waals surface area contributed by atoms with E-state index in [1.54, 1.807) is 12.1 Å². The molecule has 0 amide bonds. The van der Waals surface area contributed by atoms with Gasteiger partial charge >= 0.3 is 0 Å². The van der Waals surface area contributed by atoms with Gasteiger partial charge in [-0.3, -0.25) is 0 Å².